The molecule has 2 atom stereocenters. The molecule has 1 aliphatic rings. The molecule has 1 aliphatic carbocycles. The van der Waals surface area contributed by atoms with E-state index in [-0.39, 0.29) is 0 Å². The number of carbonyl (C=O) groups is 1. The topological polar surface area (TPSA) is 17.1 Å². The van der Waals surface area contributed by atoms with Gasteiger partial charge in [-0.05, 0) is 33.1 Å². The predicted octanol–water partition coefficient (Wildman–Crippen LogP) is 2.18. The zero-order valence-corrected chi connectivity index (χ0v) is 6.85. The fourth-order valence-electron chi connectivity index (χ4n) is 1.29. The molecule has 0 amide bonds. The van der Waals surface area contributed by atoms with Crippen LogP contribution in [-0.4, -0.2) is 5.78 Å². The average Bonchev–Trinajstić information content (AvgIpc) is 2.43. The van der Waals surface area contributed by atoms with Crippen LogP contribution in [0.2, 0.25) is 0 Å². The molecule has 1 heteroatoms. The Labute approximate surface area is 62.1 Å². The van der Waals surface area contributed by atoms with Crippen molar-refractivity contribution in [3.8, 4) is 0 Å². The lowest BCUT2D eigenvalue weighted by Crippen LogP contribution is -1.93. The minimum absolute atomic E-state index is 0.350. The summed E-state index contributed by atoms with van der Waals surface area (Å²) in [5.41, 5.74) is 1.33. The molecule has 0 spiro atoms. The standard InChI is InChI=1S/C9H14O/c1-6(2)4-8-5-9(8)7(3)10/h4,8-9H,5H2,1-3H3/t8-,9+/m0/s1. The van der Waals surface area contributed by atoms with Crippen LogP contribution in [0.5, 0.6) is 0 Å². The summed E-state index contributed by atoms with van der Waals surface area (Å²) in [6.45, 7) is 5.84. The van der Waals surface area contributed by atoms with E-state index in [0.717, 1.165) is 6.42 Å². The maximum atomic E-state index is 10.8. The van der Waals surface area contributed by atoms with E-state index in [2.05, 4.69) is 19.9 Å². The normalized spacial score (nSPS) is 29.5. The third-order valence-electron chi connectivity index (χ3n) is 1.91. The van der Waals surface area contributed by atoms with Crippen LogP contribution in [0.4, 0.5) is 0 Å². The van der Waals surface area contributed by atoms with Crippen molar-refractivity contribution in [2.75, 3.05) is 0 Å². The summed E-state index contributed by atoms with van der Waals surface area (Å²) in [5, 5.41) is 0. The Hall–Kier alpha value is -0.590. The Morgan fingerprint density at radius 2 is 2.00 bits per heavy atom. The van der Waals surface area contributed by atoms with Crippen molar-refractivity contribution in [2.45, 2.75) is 27.2 Å². The molecule has 1 nitrogen and oxygen atoms in total. The zero-order chi connectivity index (χ0) is 7.72. The van der Waals surface area contributed by atoms with Gasteiger partial charge in [-0.25, -0.2) is 0 Å². The first-order valence-electron chi connectivity index (χ1n) is 3.76. The summed E-state index contributed by atoms with van der Waals surface area (Å²) < 4.78 is 0. The molecule has 1 saturated carbocycles. The first kappa shape index (κ1) is 7.52. The number of rotatable bonds is 2. The highest BCUT2D eigenvalue weighted by Gasteiger charge is 2.38. The number of hydrogen-bond acceptors (Lipinski definition) is 1. The molecule has 1 fully saturated rings. The number of carbonyl (C=O) groups excluding carboxylic acids is 1. The van der Waals surface area contributed by atoms with Crippen molar-refractivity contribution in [3.63, 3.8) is 0 Å². The van der Waals surface area contributed by atoms with Crippen LogP contribution < -0.4 is 0 Å². The van der Waals surface area contributed by atoms with Crippen LogP contribution in [0.1, 0.15) is 27.2 Å². The fraction of sp³-hybridized carbons (Fsp3) is 0.667. The molecule has 0 aromatic rings. The van der Waals surface area contributed by atoms with Crippen molar-refractivity contribution < 1.29 is 4.79 Å². The van der Waals surface area contributed by atoms with E-state index < -0.39 is 0 Å². The molecule has 1 rings (SSSR count). The van der Waals surface area contributed by atoms with E-state index in [0.29, 0.717) is 17.6 Å². The van der Waals surface area contributed by atoms with Gasteiger partial charge >= 0.3 is 0 Å². The van der Waals surface area contributed by atoms with Crippen molar-refractivity contribution in [1.82, 2.24) is 0 Å². The van der Waals surface area contributed by atoms with Crippen molar-refractivity contribution >= 4 is 5.78 Å². The average molecular weight is 138 g/mol. The molecule has 56 valence electrons. The van der Waals surface area contributed by atoms with E-state index in [1.54, 1.807) is 6.92 Å². The SMILES string of the molecule is CC(=O)[C@H]1C[C@@H]1C=C(C)C. The quantitative estimate of drug-likeness (QED) is 0.534. The van der Waals surface area contributed by atoms with Crippen LogP contribution in [0.15, 0.2) is 11.6 Å². The van der Waals surface area contributed by atoms with Gasteiger partial charge in [0.15, 0.2) is 0 Å². The van der Waals surface area contributed by atoms with E-state index in [1.165, 1.54) is 5.57 Å². The Morgan fingerprint density at radius 1 is 1.40 bits per heavy atom. The summed E-state index contributed by atoms with van der Waals surface area (Å²) in [4.78, 5) is 10.8. The van der Waals surface area contributed by atoms with Crippen LogP contribution in [0, 0.1) is 11.8 Å². The van der Waals surface area contributed by atoms with Gasteiger partial charge in [-0.3, -0.25) is 4.79 Å². The molecule has 0 N–H and O–H groups in total. The smallest absolute Gasteiger partial charge is 0.133 e. The maximum Gasteiger partial charge on any atom is 0.133 e. The van der Waals surface area contributed by atoms with E-state index in [1.807, 2.05) is 0 Å². The second-order valence-corrected chi connectivity index (χ2v) is 3.36. The van der Waals surface area contributed by atoms with Gasteiger partial charge in [0.1, 0.15) is 5.78 Å². The molecular formula is C9H14O. The highest BCUT2D eigenvalue weighted by molar-refractivity contribution is 5.81. The largest absolute Gasteiger partial charge is 0.300 e. The van der Waals surface area contributed by atoms with E-state index in [9.17, 15) is 4.79 Å². The molecule has 0 bridgehead atoms. The second-order valence-electron chi connectivity index (χ2n) is 3.36. The Morgan fingerprint density at radius 3 is 2.30 bits per heavy atom. The third-order valence-corrected chi connectivity index (χ3v) is 1.91. The summed E-state index contributed by atoms with van der Waals surface area (Å²) in [7, 11) is 0. The molecule has 0 aromatic heterocycles. The molecular weight excluding hydrogens is 124 g/mol. The highest BCUT2D eigenvalue weighted by Crippen LogP contribution is 2.40. The fourth-order valence-corrected chi connectivity index (χ4v) is 1.29. The van der Waals surface area contributed by atoms with Crippen molar-refractivity contribution in [1.29, 1.82) is 0 Å². The number of Topliss-reactive ketones (excluding diaryl/α,β-unsaturated/α-hetero) is 1. The van der Waals surface area contributed by atoms with Crippen molar-refractivity contribution in [3.05, 3.63) is 11.6 Å². The summed E-state index contributed by atoms with van der Waals surface area (Å²) in [6, 6.07) is 0. The zero-order valence-electron chi connectivity index (χ0n) is 6.85. The van der Waals surface area contributed by atoms with Gasteiger partial charge in [-0.15, -0.1) is 0 Å². The summed E-state index contributed by atoms with van der Waals surface area (Å²) in [5.74, 6) is 1.28. The molecule has 0 unspecified atom stereocenters. The lowest BCUT2D eigenvalue weighted by Gasteiger charge is -1.88. The summed E-state index contributed by atoms with van der Waals surface area (Å²) in [6.07, 6.45) is 3.28. The first-order chi connectivity index (χ1) is 4.61. The van der Waals surface area contributed by atoms with E-state index in [4.69, 9.17) is 0 Å². The highest BCUT2D eigenvalue weighted by atomic mass is 16.1. The molecule has 0 saturated heterocycles. The monoisotopic (exact) mass is 138 g/mol. The second kappa shape index (κ2) is 2.57. The summed E-state index contributed by atoms with van der Waals surface area (Å²) >= 11 is 0. The predicted molar refractivity (Wildman–Crippen MR) is 41.7 cm³/mol. The van der Waals surface area contributed by atoms with Crippen LogP contribution >= 0.6 is 0 Å². The van der Waals surface area contributed by atoms with Gasteiger partial charge in [-0.2, -0.15) is 0 Å². The lowest BCUT2D eigenvalue weighted by atomic mass is 10.2. The van der Waals surface area contributed by atoms with Crippen LogP contribution in [0.25, 0.3) is 0 Å². The molecule has 0 aromatic carbocycles. The number of ketones is 1. The van der Waals surface area contributed by atoms with Gasteiger partial charge in [0.05, 0.1) is 0 Å². The number of allylic oxidation sites excluding steroid dienone is 2. The van der Waals surface area contributed by atoms with Gasteiger partial charge in [0.2, 0.25) is 0 Å². The van der Waals surface area contributed by atoms with E-state index >= 15 is 0 Å². The minimum atomic E-state index is 0.350. The molecule has 10 heavy (non-hydrogen) atoms. The third kappa shape index (κ3) is 1.69. The molecule has 0 aliphatic heterocycles. The Balaban J connectivity index is 2.40. The van der Waals surface area contributed by atoms with Gasteiger partial charge in [0, 0.05) is 5.92 Å². The van der Waals surface area contributed by atoms with Crippen molar-refractivity contribution in [2.24, 2.45) is 11.8 Å². The van der Waals surface area contributed by atoms with Crippen LogP contribution in [-0.2, 0) is 4.79 Å². The van der Waals surface area contributed by atoms with Crippen LogP contribution in [0.3, 0.4) is 0 Å². The van der Waals surface area contributed by atoms with Gasteiger partial charge in [0.25, 0.3) is 0 Å². The van der Waals surface area contributed by atoms with Gasteiger partial charge < -0.3 is 0 Å². The van der Waals surface area contributed by atoms with Gasteiger partial charge in [-0.1, -0.05) is 11.6 Å². The number of hydrogen-bond donors (Lipinski definition) is 0. The maximum absolute atomic E-state index is 10.8. The Kier molecular flexibility index (Phi) is 1.93. The molecule has 0 heterocycles. The lowest BCUT2D eigenvalue weighted by molar-refractivity contribution is -0.118. The molecule has 0 radical (unpaired) electrons. The Bertz CT molecular complexity index is 175. The minimum Gasteiger partial charge on any atom is -0.300 e. The first-order valence-corrected chi connectivity index (χ1v) is 3.76.